The van der Waals surface area contributed by atoms with Crippen molar-refractivity contribution in [3.8, 4) is 0 Å². The fourth-order valence-corrected chi connectivity index (χ4v) is 3.44. The van der Waals surface area contributed by atoms with Crippen molar-refractivity contribution < 1.29 is 4.74 Å². The molecule has 2 aromatic rings. The third-order valence-electron chi connectivity index (χ3n) is 3.56. The second kappa shape index (κ2) is 5.43. The predicted molar refractivity (Wildman–Crippen MR) is 79.0 cm³/mol. The molecule has 1 aliphatic rings. The third kappa shape index (κ3) is 2.44. The molecule has 102 valence electrons. The number of aromatic nitrogens is 2. The molecular weight excluding hydrogens is 258 g/mol. The van der Waals surface area contributed by atoms with E-state index < -0.39 is 0 Å². The Bertz CT molecular complexity index is 569. The summed E-state index contributed by atoms with van der Waals surface area (Å²) < 4.78 is 5.61. The first-order chi connectivity index (χ1) is 9.29. The van der Waals surface area contributed by atoms with Gasteiger partial charge in [0.25, 0.3) is 0 Å². The second-order valence-corrected chi connectivity index (χ2v) is 6.07. The highest BCUT2D eigenvalue weighted by Gasteiger charge is 2.21. The molecule has 0 spiro atoms. The highest BCUT2D eigenvalue weighted by molar-refractivity contribution is 7.18. The zero-order valence-electron chi connectivity index (χ0n) is 11.4. The van der Waals surface area contributed by atoms with Gasteiger partial charge in [-0.1, -0.05) is 6.92 Å². The first-order valence-electron chi connectivity index (χ1n) is 6.87. The van der Waals surface area contributed by atoms with Crippen molar-refractivity contribution in [3.63, 3.8) is 0 Å². The smallest absolute Gasteiger partial charge is 0.141 e. The first kappa shape index (κ1) is 12.8. The van der Waals surface area contributed by atoms with Gasteiger partial charge in [-0.15, -0.1) is 11.3 Å². The molecule has 19 heavy (non-hydrogen) atoms. The van der Waals surface area contributed by atoms with E-state index in [0.29, 0.717) is 6.04 Å². The lowest BCUT2D eigenvalue weighted by Gasteiger charge is -2.27. The molecule has 2 aromatic heterocycles. The quantitative estimate of drug-likeness (QED) is 0.846. The van der Waals surface area contributed by atoms with Crippen molar-refractivity contribution in [1.82, 2.24) is 9.97 Å². The van der Waals surface area contributed by atoms with E-state index in [2.05, 4.69) is 34.8 Å². The Labute approximate surface area is 117 Å². The van der Waals surface area contributed by atoms with E-state index in [0.717, 1.165) is 43.2 Å². The van der Waals surface area contributed by atoms with Gasteiger partial charge in [-0.3, -0.25) is 0 Å². The maximum atomic E-state index is 5.61. The van der Waals surface area contributed by atoms with E-state index in [1.54, 1.807) is 17.7 Å². The molecule has 0 bridgehead atoms. The molecule has 1 unspecified atom stereocenters. The first-order valence-corrected chi connectivity index (χ1v) is 7.69. The Balaban J connectivity index is 2.05. The average molecular weight is 277 g/mol. The van der Waals surface area contributed by atoms with Gasteiger partial charge in [-0.05, 0) is 25.8 Å². The summed E-state index contributed by atoms with van der Waals surface area (Å²) in [5.74, 6) is 1.07. The molecule has 3 heterocycles. The van der Waals surface area contributed by atoms with Crippen LogP contribution in [-0.2, 0) is 11.2 Å². The third-order valence-corrected chi connectivity index (χ3v) is 4.75. The molecule has 0 radical (unpaired) electrons. The van der Waals surface area contributed by atoms with Crippen LogP contribution in [0, 0.1) is 0 Å². The molecule has 0 aromatic carbocycles. The standard InChI is InChI=1S/C14H19N3OS/c1-3-11-7-12-13(15-9-16-14(12)19-11)17-5-4-6-18-8-10(17)2/h7,9-10H,3-6,8H2,1-2H3. The van der Waals surface area contributed by atoms with E-state index in [1.165, 1.54) is 10.3 Å². The summed E-state index contributed by atoms with van der Waals surface area (Å²) in [7, 11) is 0. The van der Waals surface area contributed by atoms with Crippen LogP contribution in [0.5, 0.6) is 0 Å². The highest BCUT2D eigenvalue weighted by Crippen LogP contribution is 2.31. The molecular formula is C14H19N3OS. The maximum Gasteiger partial charge on any atom is 0.141 e. The van der Waals surface area contributed by atoms with Crippen LogP contribution in [-0.4, -0.2) is 35.8 Å². The highest BCUT2D eigenvalue weighted by atomic mass is 32.1. The number of ether oxygens (including phenoxy) is 1. The van der Waals surface area contributed by atoms with Gasteiger partial charge in [0.2, 0.25) is 0 Å². The SMILES string of the molecule is CCc1cc2c(N3CCCOCC3C)ncnc2s1. The van der Waals surface area contributed by atoms with Crippen molar-refractivity contribution in [2.75, 3.05) is 24.7 Å². The number of hydrogen-bond acceptors (Lipinski definition) is 5. The van der Waals surface area contributed by atoms with Crippen molar-refractivity contribution in [3.05, 3.63) is 17.3 Å². The molecule has 1 aliphatic heterocycles. The summed E-state index contributed by atoms with van der Waals surface area (Å²) >= 11 is 1.77. The maximum absolute atomic E-state index is 5.61. The lowest BCUT2D eigenvalue weighted by atomic mass is 10.2. The fourth-order valence-electron chi connectivity index (χ4n) is 2.51. The zero-order valence-corrected chi connectivity index (χ0v) is 12.2. The van der Waals surface area contributed by atoms with Crippen LogP contribution < -0.4 is 4.90 Å². The van der Waals surface area contributed by atoms with Gasteiger partial charge in [-0.2, -0.15) is 0 Å². The van der Waals surface area contributed by atoms with Crippen LogP contribution in [0.3, 0.4) is 0 Å². The molecule has 3 rings (SSSR count). The monoisotopic (exact) mass is 277 g/mol. The summed E-state index contributed by atoms with van der Waals surface area (Å²) in [6, 6.07) is 2.61. The van der Waals surface area contributed by atoms with E-state index in [1.807, 2.05) is 0 Å². The van der Waals surface area contributed by atoms with Gasteiger partial charge in [-0.25, -0.2) is 9.97 Å². The van der Waals surface area contributed by atoms with E-state index >= 15 is 0 Å². The number of rotatable bonds is 2. The lowest BCUT2D eigenvalue weighted by Crippen LogP contribution is -2.35. The molecule has 0 saturated carbocycles. The Morgan fingerprint density at radius 1 is 1.47 bits per heavy atom. The number of thiophene rings is 1. The molecule has 1 atom stereocenters. The predicted octanol–water partition coefficient (Wildman–Crippen LogP) is 2.87. The zero-order chi connectivity index (χ0) is 13.2. The number of aryl methyl sites for hydroxylation is 1. The van der Waals surface area contributed by atoms with Crippen molar-refractivity contribution in [2.45, 2.75) is 32.7 Å². The lowest BCUT2D eigenvalue weighted by molar-refractivity contribution is 0.137. The Morgan fingerprint density at radius 2 is 2.37 bits per heavy atom. The molecule has 0 N–H and O–H groups in total. The number of nitrogens with zero attached hydrogens (tertiary/aromatic N) is 3. The minimum atomic E-state index is 0.366. The average Bonchev–Trinajstić information content (AvgIpc) is 2.74. The van der Waals surface area contributed by atoms with Crippen molar-refractivity contribution in [1.29, 1.82) is 0 Å². The van der Waals surface area contributed by atoms with Gasteiger partial charge in [0.05, 0.1) is 18.0 Å². The van der Waals surface area contributed by atoms with E-state index in [9.17, 15) is 0 Å². The second-order valence-electron chi connectivity index (χ2n) is 4.95. The van der Waals surface area contributed by atoms with Gasteiger partial charge >= 0.3 is 0 Å². The minimum Gasteiger partial charge on any atom is -0.379 e. The largest absolute Gasteiger partial charge is 0.379 e. The molecule has 1 fully saturated rings. The summed E-state index contributed by atoms with van der Waals surface area (Å²) in [6.07, 6.45) is 3.80. The van der Waals surface area contributed by atoms with Crippen LogP contribution >= 0.6 is 11.3 Å². The van der Waals surface area contributed by atoms with Crippen molar-refractivity contribution in [2.24, 2.45) is 0 Å². The number of anilines is 1. The molecule has 1 saturated heterocycles. The molecule has 0 amide bonds. The van der Waals surface area contributed by atoms with Crippen LogP contribution in [0.2, 0.25) is 0 Å². The molecule has 5 heteroatoms. The normalized spacial score (nSPS) is 20.7. The van der Waals surface area contributed by atoms with Crippen LogP contribution in [0.15, 0.2) is 12.4 Å². The van der Waals surface area contributed by atoms with E-state index in [4.69, 9.17) is 4.74 Å². The molecule has 4 nitrogen and oxygen atoms in total. The van der Waals surface area contributed by atoms with Gasteiger partial charge in [0, 0.05) is 18.0 Å². The van der Waals surface area contributed by atoms with Crippen LogP contribution in [0.1, 0.15) is 25.1 Å². The topological polar surface area (TPSA) is 38.2 Å². The van der Waals surface area contributed by atoms with Crippen LogP contribution in [0.4, 0.5) is 5.82 Å². The van der Waals surface area contributed by atoms with Crippen molar-refractivity contribution >= 4 is 27.4 Å². The summed E-state index contributed by atoms with van der Waals surface area (Å²) in [5, 5.41) is 1.19. The Hall–Kier alpha value is -1.20. The Morgan fingerprint density at radius 3 is 3.21 bits per heavy atom. The van der Waals surface area contributed by atoms with Gasteiger partial charge in [0.1, 0.15) is 17.0 Å². The summed E-state index contributed by atoms with van der Waals surface area (Å²) in [6.45, 7) is 7.01. The van der Waals surface area contributed by atoms with Gasteiger partial charge in [0.15, 0.2) is 0 Å². The molecule has 0 aliphatic carbocycles. The minimum absolute atomic E-state index is 0.366. The van der Waals surface area contributed by atoms with E-state index in [-0.39, 0.29) is 0 Å². The van der Waals surface area contributed by atoms with Crippen LogP contribution in [0.25, 0.3) is 10.2 Å². The Kier molecular flexibility index (Phi) is 3.66. The summed E-state index contributed by atoms with van der Waals surface area (Å²) in [5.41, 5.74) is 0. The summed E-state index contributed by atoms with van der Waals surface area (Å²) in [4.78, 5) is 13.8. The van der Waals surface area contributed by atoms with Gasteiger partial charge < -0.3 is 9.64 Å². The number of fused-ring (bicyclic) bond motifs is 1. The fraction of sp³-hybridized carbons (Fsp3) is 0.571. The number of hydrogen-bond donors (Lipinski definition) is 0.